The average Bonchev–Trinajstić information content (AvgIpc) is 2.31. The SMILES string of the molecule is N#CC(C#N)=COCCc1ccccc1. The second-order valence-corrected chi connectivity index (χ2v) is 2.86. The molecule has 0 N–H and O–H groups in total. The monoisotopic (exact) mass is 198 g/mol. The van der Waals surface area contributed by atoms with Crippen LogP contribution in [0.4, 0.5) is 0 Å². The Bertz CT molecular complexity index is 393. The third-order valence-electron chi connectivity index (χ3n) is 1.79. The highest BCUT2D eigenvalue weighted by Gasteiger charge is 1.93. The van der Waals surface area contributed by atoms with Crippen LogP contribution in [0.15, 0.2) is 42.2 Å². The molecule has 15 heavy (non-hydrogen) atoms. The Morgan fingerprint density at radius 2 is 1.87 bits per heavy atom. The largest absolute Gasteiger partial charge is 0.499 e. The maximum atomic E-state index is 8.42. The number of ether oxygens (including phenoxy) is 1. The standard InChI is InChI=1S/C12H10N2O/c13-8-12(9-14)10-15-7-6-11-4-2-1-3-5-11/h1-5,10H,6-7H2. The molecule has 1 aromatic carbocycles. The van der Waals surface area contributed by atoms with E-state index in [0.29, 0.717) is 6.61 Å². The molecule has 0 bridgehead atoms. The van der Waals surface area contributed by atoms with Crippen molar-refractivity contribution in [1.29, 1.82) is 10.5 Å². The highest BCUT2D eigenvalue weighted by Crippen LogP contribution is 2.00. The normalized spacial score (nSPS) is 8.40. The maximum Gasteiger partial charge on any atom is 0.163 e. The third-order valence-corrected chi connectivity index (χ3v) is 1.79. The Kier molecular flexibility index (Phi) is 4.50. The van der Waals surface area contributed by atoms with Gasteiger partial charge in [-0.2, -0.15) is 10.5 Å². The van der Waals surface area contributed by atoms with Crippen LogP contribution in [0.5, 0.6) is 0 Å². The average molecular weight is 198 g/mol. The van der Waals surface area contributed by atoms with Crippen molar-refractivity contribution in [1.82, 2.24) is 0 Å². The van der Waals surface area contributed by atoms with Crippen LogP contribution in [-0.2, 0) is 11.2 Å². The fourth-order valence-corrected chi connectivity index (χ4v) is 1.04. The molecule has 0 aliphatic carbocycles. The van der Waals surface area contributed by atoms with Crippen LogP contribution in [0.25, 0.3) is 0 Å². The van der Waals surface area contributed by atoms with Gasteiger partial charge in [-0.15, -0.1) is 0 Å². The molecule has 0 unspecified atom stereocenters. The second-order valence-electron chi connectivity index (χ2n) is 2.86. The summed E-state index contributed by atoms with van der Waals surface area (Å²) in [7, 11) is 0. The smallest absolute Gasteiger partial charge is 0.163 e. The lowest BCUT2D eigenvalue weighted by atomic mass is 10.2. The summed E-state index contributed by atoms with van der Waals surface area (Å²) in [5.41, 5.74) is 1.16. The van der Waals surface area contributed by atoms with Gasteiger partial charge >= 0.3 is 0 Å². The van der Waals surface area contributed by atoms with Gasteiger partial charge in [-0.1, -0.05) is 30.3 Å². The molecular weight excluding hydrogens is 188 g/mol. The highest BCUT2D eigenvalue weighted by atomic mass is 16.5. The molecule has 3 nitrogen and oxygen atoms in total. The first kappa shape index (κ1) is 10.8. The summed E-state index contributed by atoms with van der Waals surface area (Å²) in [6, 6.07) is 13.3. The van der Waals surface area contributed by atoms with E-state index in [2.05, 4.69) is 0 Å². The van der Waals surface area contributed by atoms with Crippen LogP contribution >= 0.6 is 0 Å². The number of rotatable bonds is 4. The Morgan fingerprint density at radius 3 is 2.47 bits per heavy atom. The summed E-state index contributed by atoms with van der Waals surface area (Å²) in [4.78, 5) is 0. The molecule has 0 heterocycles. The van der Waals surface area contributed by atoms with Gasteiger partial charge in [-0.05, 0) is 5.56 Å². The third kappa shape index (κ3) is 3.97. The van der Waals surface area contributed by atoms with Gasteiger partial charge in [0, 0.05) is 6.42 Å². The van der Waals surface area contributed by atoms with Gasteiger partial charge in [0.15, 0.2) is 5.57 Å². The highest BCUT2D eigenvalue weighted by molar-refractivity contribution is 5.33. The minimum absolute atomic E-state index is 0.0111. The van der Waals surface area contributed by atoms with Gasteiger partial charge in [0.05, 0.1) is 6.61 Å². The van der Waals surface area contributed by atoms with Crippen LogP contribution in [-0.4, -0.2) is 6.61 Å². The Morgan fingerprint density at radius 1 is 1.20 bits per heavy atom. The molecular formula is C12H10N2O. The summed E-state index contributed by atoms with van der Waals surface area (Å²) in [6.45, 7) is 0.469. The molecule has 0 spiro atoms. The first-order valence-corrected chi connectivity index (χ1v) is 4.52. The van der Waals surface area contributed by atoms with E-state index in [1.165, 1.54) is 11.8 Å². The van der Waals surface area contributed by atoms with E-state index in [-0.39, 0.29) is 5.57 Å². The number of allylic oxidation sites excluding steroid dienone is 1. The van der Waals surface area contributed by atoms with Crippen LogP contribution in [0, 0.1) is 22.7 Å². The number of benzene rings is 1. The molecule has 0 aliphatic heterocycles. The van der Waals surface area contributed by atoms with E-state index in [1.807, 2.05) is 30.3 Å². The number of nitrogens with zero attached hydrogens (tertiary/aromatic N) is 2. The quantitative estimate of drug-likeness (QED) is 0.423. The van der Waals surface area contributed by atoms with E-state index in [4.69, 9.17) is 15.3 Å². The summed E-state index contributed by atoms with van der Waals surface area (Å²) in [5, 5.41) is 16.8. The summed E-state index contributed by atoms with van der Waals surface area (Å²) >= 11 is 0. The second kappa shape index (κ2) is 6.23. The molecule has 0 fully saturated rings. The molecule has 0 aromatic heterocycles. The van der Waals surface area contributed by atoms with Crippen molar-refractivity contribution in [2.24, 2.45) is 0 Å². The Labute approximate surface area is 88.8 Å². The molecule has 0 saturated carbocycles. The van der Waals surface area contributed by atoms with Gasteiger partial charge in [0.1, 0.15) is 18.4 Å². The maximum absolute atomic E-state index is 8.42. The van der Waals surface area contributed by atoms with Gasteiger partial charge in [-0.25, -0.2) is 0 Å². The minimum atomic E-state index is -0.0111. The Hall–Kier alpha value is -2.26. The van der Waals surface area contributed by atoms with Gasteiger partial charge in [0.2, 0.25) is 0 Å². The van der Waals surface area contributed by atoms with E-state index >= 15 is 0 Å². The van der Waals surface area contributed by atoms with Crippen molar-refractivity contribution in [3.63, 3.8) is 0 Å². The van der Waals surface area contributed by atoms with Crippen LogP contribution in [0.3, 0.4) is 0 Å². The lowest BCUT2D eigenvalue weighted by Gasteiger charge is -2.00. The molecule has 74 valence electrons. The topological polar surface area (TPSA) is 56.8 Å². The number of nitriles is 2. The van der Waals surface area contributed by atoms with Crippen LogP contribution < -0.4 is 0 Å². The molecule has 0 atom stereocenters. The van der Waals surface area contributed by atoms with Gasteiger partial charge in [-0.3, -0.25) is 0 Å². The molecule has 0 aliphatic rings. The molecule has 0 amide bonds. The minimum Gasteiger partial charge on any atom is -0.499 e. The van der Waals surface area contributed by atoms with Crippen molar-refractivity contribution in [3.8, 4) is 12.1 Å². The predicted molar refractivity (Wildman–Crippen MR) is 55.4 cm³/mol. The van der Waals surface area contributed by atoms with Gasteiger partial charge < -0.3 is 4.74 Å². The summed E-state index contributed by atoms with van der Waals surface area (Å²) in [6.07, 6.45) is 1.96. The summed E-state index contributed by atoms with van der Waals surface area (Å²) in [5.74, 6) is 0. The fraction of sp³-hybridized carbons (Fsp3) is 0.167. The van der Waals surface area contributed by atoms with E-state index in [1.54, 1.807) is 12.1 Å². The lowest BCUT2D eigenvalue weighted by molar-refractivity contribution is 0.252. The Balaban J connectivity index is 2.33. The predicted octanol–water partition coefficient (Wildman–Crippen LogP) is 2.18. The molecule has 1 aromatic rings. The zero-order valence-electron chi connectivity index (χ0n) is 8.18. The molecule has 0 radical (unpaired) electrons. The molecule has 0 saturated heterocycles. The van der Waals surface area contributed by atoms with E-state index in [9.17, 15) is 0 Å². The fourth-order valence-electron chi connectivity index (χ4n) is 1.04. The van der Waals surface area contributed by atoms with E-state index < -0.39 is 0 Å². The zero-order valence-corrected chi connectivity index (χ0v) is 8.18. The van der Waals surface area contributed by atoms with Crippen molar-refractivity contribution in [3.05, 3.63) is 47.7 Å². The van der Waals surface area contributed by atoms with Crippen LogP contribution in [0.2, 0.25) is 0 Å². The zero-order chi connectivity index (χ0) is 10.9. The van der Waals surface area contributed by atoms with E-state index in [0.717, 1.165) is 6.42 Å². The number of hydrogen-bond donors (Lipinski definition) is 0. The van der Waals surface area contributed by atoms with Crippen molar-refractivity contribution >= 4 is 0 Å². The van der Waals surface area contributed by atoms with Gasteiger partial charge in [0.25, 0.3) is 0 Å². The van der Waals surface area contributed by atoms with Crippen molar-refractivity contribution in [2.75, 3.05) is 6.61 Å². The lowest BCUT2D eigenvalue weighted by Crippen LogP contribution is -1.93. The number of hydrogen-bond acceptors (Lipinski definition) is 3. The summed E-state index contributed by atoms with van der Waals surface area (Å²) < 4.78 is 5.07. The molecule has 3 heteroatoms. The van der Waals surface area contributed by atoms with Crippen molar-refractivity contribution < 1.29 is 4.74 Å². The van der Waals surface area contributed by atoms with Crippen LogP contribution in [0.1, 0.15) is 5.56 Å². The first-order chi connectivity index (χ1) is 7.36. The first-order valence-electron chi connectivity index (χ1n) is 4.52. The van der Waals surface area contributed by atoms with Crippen molar-refractivity contribution in [2.45, 2.75) is 6.42 Å². The molecule has 1 rings (SSSR count).